The molecule has 1 atom stereocenters. The summed E-state index contributed by atoms with van der Waals surface area (Å²) in [6.07, 6.45) is 2.00. The largest absolute Gasteiger partial charge is 0.496 e. The first-order valence-corrected chi connectivity index (χ1v) is 9.53. The van der Waals surface area contributed by atoms with E-state index < -0.39 is 23.3 Å². The Morgan fingerprint density at radius 2 is 1.90 bits per heavy atom. The van der Waals surface area contributed by atoms with Crippen molar-refractivity contribution in [2.75, 3.05) is 7.11 Å². The number of nitrogens with one attached hydrogen (secondary N) is 1. The lowest BCUT2D eigenvalue weighted by Crippen LogP contribution is -2.31. The van der Waals surface area contributed by atoms with Crippen LogP contribution in [0.15, 0.2) is 30.3 Å². The highest BCUT2D eigenvalue weighted by atomic mass is 19.1. The number of ketones is 1. The average Bonchev–Trinajstić information content (AvgIpc) is 3.51. The van der Waals surface area contributed by atoms with Crippen molar-refractivity contribution in [3.63, 3.8) is 0 Å². The Morgan fingerprint density at radius 1 is 1.24 bits per heavy atom. The number of nitrogens with two attached hydrogens (primary N) is 1. The first-order chi connectivity index (χ1) is 13.8. The molecular formula is C22H24F2N2O3. The molecule has 3 N–H and O–H groups in total. The van der Waals surface area contributed by atoms with Gasteiger partial charge in [-0.1, -0.05) is 0 Å². The number of halogens is 2. The smallest absolute Gasteiger partial charge is 0.218 e. The molecule has 5 nitrogen and oxygen atoms in total. The third-order valence-electron chi connectivity index (χ3n) is 5.02. The molecule has 0 saturated heterocycles. The van der Waals surface area contributed by atoms with Crippen LogP contribution in [0, 0.1) is 11.6 Å². The van der Waals surface area contributed by atoms with Crippen molar-refractivity contribution in [2.24, 2.45) is 5.73 Å². The van der Waals surface area contributed by atoms with Gasteiger partial charge in [-0.05, 0) is 61.6 Å². The zero-order valence-electron chi connectivity index (χ0n) is 16.4. The van der Waals surface area contributed by atoms with Gasteiger partial charge in [0.2, 0.25) is 5.91 Å². The molecule has 29 heavy (non-hydrogen) atoms. The van der Waals surface area contributed by atoms with Crippen LogP contribution in [0.5, 0.6) is 5.75 Å². The average molecular weight is 402 g/mol. The lowest BCUT2D eigenvalue weighted by Gasteiger charge is -2.19. The minimum absolute atomic E-state index is 0.120. The van der Waals surface area contributed by atoms with E-state index in [2.05, 4.69) is 5.32 Å². The van der Waals surface area contributed by atoms with Gasteiger partial charge in [0.1, 0.15) is 22.9 Å². The van der Waals surface area contributed by atoms with Crippen LogP contribution in [0.1, 0.15) is 59.2 Å². The molecule has 0 unspecified atom stereocenters. The normalized spacial score (nSPS) is 14.5. The van der Waals surface area contributed by atoms with Crippen LogP contribution in [0.3, 0.4) is 0 Å². The summed E-state index contributed by atoms with van der Waals surface area (Å²) in [4.78, 5) is 24.1. The Kier molecular flexibility index (Phi) is 6.27. The SMILES string of the molecule is COc1c(C2CC2)cc(CN[C@@H](C)CC(N)=O)c(F)c1C(=O)c1ccc(F)cc1. The highest BCUT2D eigenvalue weighted by molar-refractivity contribution is 6.11. The van der Waals surface area contributed by atoms with E-state index in [4.69, 9.17) is 10.5 Å². The molecule has 1 fully saturated rings. The molecule has 154 valence electrons. The summed E-state index contributed by atoms with van der Waals surface area (Å²) in [5, 5.41) is 3.07. The lowest BCUT2D eigenvalue weighted by atomic mass is 9.94. The van der Waals surface area contributed by atoms with Crippen molar-refractivity contribution in [3.8, 4) is 5.75 Å². The number of ether oxygens (including phenoxy) is 1. The van der Waals surface area contributed by atoms with E-state index in [1.54, 1.807) is 13.0 Å². The fraction of sp³-hybridized carbons (Fsp3) is 0.364. The molecule has 0 aromatic heterocycles. The van der Waals surface area contributed by atoms with Crippen molar-refractivity contribution < 1.29 is 23.1 Å². The number of carbonyl (C=O) groups is 2. The number of rotatable bonds is 9. The topological polar surface area (TPSA) is 81.4 Å². The van der Waals surface area contributed by atoms with E-state index in [-0.39, 0.29) is 41.8 Å². The number of methoxy groups -OCH3 is 1. The predicted octanol–water partition coefficient (Wildman–Crippen LogP) is 3.44. The van der Waals surface area contributed by atoms with Crippen molar-refractivity contribution in [1.82, 2.24) is 5.32 Å². The van der Waals surface area contributed by atoms with Gasteiger partial charge in [0, 0.05) is 30.1 Å². The van der Waals surface area contributed by atoms with Crippen LogP contribution in [0.4, 0.5) is 8.78 Å². The van der Waals surface area contributed by atoms with E-state index in [1.807, 2.05) is 0 Å². The maximum absolute atomic E-state index is 15.4. The fourth-order valence-corrected chi connectivity index (χ4v) is 3.37. The van der Waals surface area contributed by atoms with Crippen molar-refractivity contribution in [2.45, 2.75) is 44.7 Å². The Morgan fingerprint density at radius 3 is 2.45 bits per heavy atom. The van der Waals surface area contributed by atoms with Gasteiger partial charge in [-0.2, -0.15) is 0 Å². The minimum atomic E-state index is -0.681. The van der Waals surface area contributed by atoms with Gasteiger partial charge < -0.3 is 15.8 Å². The van der Waals surface area contributed by atoms with E-state index in [0.29, 0.717) is 5.56 Å². The second kappa shape index (κ2) is 8.69. The molecule has 0 bridgehead atoms. The van der Waals surface area contributed by atoms with Gasteiger partial charge in [-0.3, -0.25) is 9.59 Å². The second-order valence-corrected chi connectivity index (χ2v) is 7.41. The molecule has 1 amide bonds. The lowest BCUT2D eigenvalue weighted by molar-refractivity contribution is -0.118. The Hall–Kier alpha value is -2.80. The minimum Gasteiger partial charge on any atom is -0.496 e. The summed E-state index contributed by atoms with van der Waals surface area (Å²) in [7, 11) is 1.41. The molecule has 7 heteroatoms. The van der Waals surface area contributed by atoms with Crippen LogP contribution >= 0.6 is 0 Å². The number of primary amides is 1. The fourth-order valence-electron chi connectivity index (χ4n) is 3.37. The first-order valence-electron chi connectivity index (χ1n) is 9.53. The molecule has 0 radical (unpaired) electrons. The molecule has 1 aliphatic rings. The molecule has 1 saturated carbocycles. The zero-order valence-corrected chi connectivity index (χ0v) is 16.4. The van der Waals surface area contributed by atoms with E-state index in [1.165, 1.54) is 19.2 Å². The summed E-state index contributed by atoms with van der Waals surface area (Å²) in [6.45, 7) is 1.91. The van der Waals surface area contributed by atoms with Crippen LogP contribution in [0.2, 0.25) is 0 Å². The third-order valence-corrected chi connectivity index (χ3v) is 5.02. The number of hydrogen-bond donors (Lipinski definition) is 2. The molecule has 3 rings (SSSR count). The van der Waals surface area contributed by atoms with Crippen molar-refractivity contribution in [1.29, 1.82) is 0 Å². The summed E-state index contributed by atoms with van der Waals surface area (Å²) >= 11 is 0. The van der Waals surface area contributed by atoms with Crippen LogP contribution in [-0.4, -0.2) is 24.8 Å². The van der Waals surface area contributed by atoms with Gasteiger partial charge in [0.05, 0.1) is 7.11 Å². The van der Waals surface area contributed by atoms with Gasteiger partial charge in [0.25, 0.3) is 0 Å². The number of benzene rings is 2. The molecule has 2 aromatic rings. The van der Waals surface area contributed by atoms with Crippen molar-refractivity contribution in [3.05, 3.63) is 64.2 Å². The van der Waals surface area contributed by atoms with E-state index >= 15 is 4.39 Å². The molecule has 0 spiro atoms. The van der Waals surface area contributed by atoms with E-state index in [9.17, 15) is 14.0 Å². The van der Waals surface area contributed by atoms with Gasteiger partial charge in [0.15, 0.2) is 5.78 Å². The van der Waals surface area contributed by atoms with Crippen molar-refractivity contribution >= 4 is 11.7 Å². The molecular weight excluding hydrogens is 378 g/mol. The predicted molar refractivity (Wildman–Crippen MR) is 105 cm³/mol. The number of hydrogen-bond acceptors (Lipinski definition) is 4. The third kappa shape index (κ3) is 4.79. The zero-order chi connectivity index (χ0) is 21.1. The van der Waals surface area contributed by atoms with Gasteiger partial charge in [-0.25, -0.2) is 8.78 Å². The number of amides is 1. The Bertz CT molecular complexity index is 925. The molecule has 0 aliphatic heterocycles. The quantitative estimate of drug-likeness (QED) is 0.630. The molecule has 0 heterocycles. The molecule has 2 aromatic carbocycles. The van der Waals surface area contributed by atoms with Crippen LogP contribution in [-0.2, 0) is 11.3 Å². The van der Waals surface area contributed by atoms with Gasteiger partial charge >= 0.3 is 0 Å². The van der Waals surface area contributed by atoms with E-state index in [0.717, 1.165) is 30.5 Å². The monoisotopic (exact) mass is 402 g/mol. The first kappa shape index (κ1) is 20.9. The van der Waals surface area contributed by atoms with Crippen LogP contribution < -0.4 is 15.8 Å². The highest BCUT2D eigenvalue weighted by Crippen LogP contribution is 2.47. The summed E-state index contributed by atoms with van der Waals surface area (Å²) in [5.41, 5.74) is 6.33. The Labute approximate surface area is 168 Å². The highest BCUT2D eigenvalue weighted by Gasteiger charge is 2.33. The number of carbonyl (C=O) groups excluding carboxylic acids is 2. The standard InChI is InChI=1S/C22H24F2N2O3/c1-12(9-18(25)27)26-11-15-10-17(13-3-4-13)22(29-2)19(20(15)24)21(28)14-5-7-16(23)8-6-14/h5-8,10,12-13,26H,3-4,9,11H2,1-2H3,(H2,25,27)/t12-/m0/s1. The van der Waals surface area contributed by atoms with Gasteiger partial charge in [-0.15, -0.1) is 0 Å². The second-order valence-electron chi connectivity index (χ2n) is 7.41. The maximum Gasteiger partial charge on any atom is 0.218 e. The summed E-state index contributed by atoms with van der Waals surface area (Å²) in [6, 6.07) is 6.46. The summed E-state index contributed by atoms with van der Waals surface area (Å²) in [5.74, 6) is -1.73. The Balaban J connectivity index is 2.01. The molecule has 1 aliphatic carbocycles. The maximum atomic E-state index is 15.4. The summed E-state index contributed by atoms with van der Waals surface area (Å²) < 4.78 is 34.1. The van der Waals surface area contributed by atoms with Crippen LogP contribution in [0.25, 0.3) is 0 Å².